The molecule has 0 saturated heterocycles. The number of ether oxygens (including phenoxy) is 2. The molecule has 52 heavy (non-hydrogen) atoms. The molecule has 0 aliphatic rings. The second-order valence-electron chi connectivity index (χ2n) is 12.0. The Hall–Kier alpha value is -7.53. The van der Waals surface area contributed by atoms with E-state index in [1.807, 2.05) is 60.7 Å². The van der Waals surface area contributed by atoms with E-state index in [2.05, 4.69) is 15.0 Å². The first kappa shape index (κ1) is 30.5. The van der Waals surface area contributed by atoms with E-state index in [0.29, 0.717) is 28.1 Å². The molecular formula is C41H23N3O8. The van der Waals surface area contributed by atoms with Crippen LogP contribution in [0.4, 0.5) is 0 Å². The van der Waals surface area contributed by atoms with E-state index in [9.17, 15) is 19.2 Å². The summed E-state index contributed by atoms with van der Waals surface area (Å²) in [5.41, 5.74) is 2.50. The molecule has 0 bridgehead atoms. The second kappa shape index (κ2) is 12.1. The van der Waals surface area contributed by atoms with Crippen LogP contribution in [0.5, 0.6) is 11.5 Å². The summed E-state index contributed by atoms with van der Waals surface area (Å²) in [7, 11) is 0. The van der Waals surface area contributed by atoms with Gasteiger partial charge in [-0.3, -0.25) is 0 Å². The van der Waals surface area contributed by atoms with Gasteiger partial charge in [0.15, 0.2) is 5.76 Å². The van der Waals surface area contributed by atoms with Gasteiger partial charge in [0.05, 0.1) is 33.1 Å². The fourth-order valence-corrected chi connectivity index (χ4v) is 6.06. The highest BCUT2D eigenvalue weighted by atomic mass is 16.5. The minimum atomic E-state index is -0.709. The zero-order valence-electron chi connectivity index (χ0n) is 26.8. The third-order valence-electron chi connectivity index (χ3n) is 8.67. The Morgan fingerprint density at radius 3 is 1.75 bits per heavy atom. The van der Waals surface area contributed by atoms with Gasteiger partial charge in [-0.1, -0.05) is 42.5 Å². The van der Waals surface area contributed by atoms with Gasteiger partial charge in [-0.2, -0.15) is 0 Å². The van der Waals surface area contributed by atoms with Crippen molar-refractivity contribution in [2.75, 3.05) is 0 Å². The number of hydrogen-bond donors (Lipinski definition) is 2. The number of fused-ring (bicyclic) bond motifs is 4. The number of nitrogens with zero attached hydrogens (tertiary/aromatic N) is 1. The van der Waals surface area contributed by atoms with E-state index in [1.54, 1.807) is 24.3 Å². The van der Waals surface area contributed by atoms with Gasteiger partial charge in [0, 0.05) is 21.8 Å². The molecule has 250 valence electrons. The van der Waals surface area contributed by atoms with Crippen LogP contribution in [0, 0.1) is 0 Å². The van der Waals surface area contributed by atoms with Crippen molar-refractivity contribution in [2.24, 2.45) is 0 Å². The van der Waals surface area contributed by atoms with E-state index in [4.69, 9.17) is 18.3 Å². The zero-order valence-corrected chi connectivity index (χ0v) is 26.8. The van der Waals surface area contributed by atoms with Gasteiger partial charge in [-0.25, -0.2) is 24.2 Å². The number of rotatable bonds is 6. The van der Waals surface area contributed by atoms with E-state index in [0.717, 1.165) is 21.8 Å². The summed E-state index contributed by atoms with van der Waals surface area (Å²) in [6.07, 6.45) is 0. The standard InChI is InChI=1S/C41H23N3O8/c45-38(49-27-14-13-24-19-36(51-40(47)29(24)20-27)34-17-25-5-1-3-7-31(25)42-34)22-9-11-23(12-10-22)39(46)50-28-15-16-33-30(21-28)41(48)52-37(44-33)35-18-26-6-2-4-8-32(26)43-35/h1-21,42-43H. The highest BCUT2D eigenvalue weighted by Crippen LogP contribution is 2.28. The first-order valence-corrected chi connectivity index (χ1v) is 16.1. The molecule has 0 unspecified atom stereocenters. The highest BCUT2D eigenvalue weighted by molar-refractivity contribution is 5.96. The Morgan fingerprint density at radius 2 is 1.10 bits per heavy atom. The summed E-state index contributed by atoms with van der Waals surface area (Å²) < 4.78 is 22.1. The van der Waals surface area contributed by atoms with E-state index in [-0.39, 0.29) is 39.3 Å². The molecule has 0 aliphatic heterocycles. The Morgan fingerprint density at radius 1 is 0.538 bits per heavy atom. The summed E-state index contributed by atoms with van der Waals surface area (Å²) >= 11 is 0. The van der Waals surface area contributed by atoms with Crippen molar-refractivity contribution in [1.82, 2.24) is 15.0 Å². The highest BCUT2D eigenvalue weighted by Gasteiger charge is 2.17. The molecule has 0 saturated carbocycles. The molecule has 0 atom stereocenters. The Balaban J connectivity index is 0.882. The quantitative estimate of drug-likeness (QED) is 0.131. The lowest BCUT2D eigenvalue weighted by Crippen LogP contribution is -2.12. The van der Waals surface area contributed by atoms with Gasteiger partial charge in [0.2, 0.25) is 5.89 Å². The zero-order chi connectivity index (χ0) is 35.3. The van der Waals surface area contributed by atoms with Crippen molar-refractivity contribution in [3.05, 3.63) is 159 Å². The average molecular weight is 686 g/mol. The van der Waals surface area contributed by atoms with Crippen LogP contribution >= 0.6 is 0 Å². The summed E-state index contributed by atoms with van der Waals surface area (Å²) in [5, 5.41) is 2.95. The van der Waals surface area contributed by atoms with Crippen LogP contribution in [0.15, 0.2) is 146 Å². The molecule has 0 spiro atoms. The molecular weight excluding hydrogens is 662 g/mol. The maximum atomic E-state index is 13.0. The maximum Gasteiger partial charge on any atom is 0.347 e. The number of aromatic nitrogens is 3. The molecule has 9 rings (SSSR count). The minimum Gasteiger partial charge on any atom is -0.423 e. The number of carbonyl (C=O) groups is 2. The Bertz CT molecular complexity index is 2740. The van der Waals surface area contributed by atoms with Crippen LogP contribution in [-0.4, -0.2) is 26.9 Å². The van der Waals surface area contributed by atoms with Gasteiger partial charge in [-0.05, 0) is 90.3 Å². The summed E-state index contributed by atoms with van der Waals surface area (Å²) in [6.45, 7) is 0. The molecule has 11 nitrogen and oxygen atoms in total. The van der Waals surface area contributed by atoms with Crippen molar-refractivity contribution >= 4 is 55.4 Å². The molecule has 0 radical (unpaired) electrons. The SMILES string of the molecule is O=C(Oc1ccc2cc(-c3cc4ccccc4[nH]3)oc(=O)c2c1)c1ccc(C(=O)Oc2ccc3nc(-c4cc5ccccc5[nH]4)oc(=O)c3c2)cc1. The number of aromatic amines is 2. The molecule has 0 amide bonds. The lowest BCUT2D eigenvalue weighted by atomic mass is 10.1. The Kier molecular flexibility index (Phi) is 7.11. The lowest BCUT2D eigenvalue weighted by Gasteiger charge is -2.08. The fraction of sp³-hybridized carbons (Fsp3) is 0. The molecule has 9 aromatic rings. The number of H-pyrrole nitrogens is 2. The van der Waals surface area contributed by atoms with Gasteiger partial charge in [0.1, 0.15) is 17.2 Å². The Labute approximate surface area is 291 Å². The predicted octanol–water partition coefficient (Wildman–Crippen LogP) is 8.03. The van der Waals surface area contributed by atoms with Gasteiger partial charge < -0.3 is 28.3 Å². The van der Waals surface area contributed by atoms with Crippen molar-refractivity contribution in [1.29, 1.82) is 0 Å². The molecule has 11 heteroatoms. The van der Waals surface area contributed by atoms with Crippen LogP contribution in [0.3, 0.4) is 0 Å². The smallest absolute Gasteiger partial charge is 0.347 e. The van der Waals surface area contributed by atoms with E-state index in [1.165, 1.54) is 42.5 Å². The number of para-hydroxylation sites is 2. The molecule has 0 fully saturated rings. The van der Waals surface area contributed by atoms with Crippen LogP contribution in [-0.2, 0) is 0 Å². The van der Waals surface area contributed by atoms with Crippen molar-refractivity contribution < 1.29 is 27.9 Å². The van der Waals surface area contributed by atoms with Crippen molar-refractivity contribution in [2.45, 2.75) is 0 Å². The largest absolute Gasteiger partial charge is 0.423 e. The summed E-state index contributed by atoms with van der Waals surface area (Å²) in [6, 6.07) is 35.8. The molecule has 4 heterocycles. The van der Waals surface area contributed by atoms with Crippen LogP contribution in [0.1, 0.15) is 20.7 Å². The minimum absolute atomic E-state index is 0.114. The first-order valence-electron chi connectivity index (χ1n) is 16.1. The fourth-order valence-electron chi connectivity index (χ4n) is 6.06. The molecule has 4 aromatic heterocycles. The first-order chi connectivity index (χ1) is 25.3. The van der Waals surface area contributed by atoms with Gasteiger partial charge in [-0.15, -0.1) is 0 Å². The summed E-state index contributed by atoms with van der Waals surface area (Å²) in [4.78, 5) is 62.6. The topological polar surface area (TPSA) is 157 Å². The number of carbonyl (C=O) groups excluding carboxylic acids is 2. The second-order valence-corrected chi connectivity index (χ2v) is 12.0. The number of hydrogen-bond acceptors (Lipinski definition) is 9. The number of esters is 2. The predicted molar refractivity (Wildman–Crippen MR) is 194 cm³/mol. The third kappa shape index (κ3) is 5.57. The van der Waals surface area contributed by atoms with Crippen LogP contribution < -0.4 is 20.7 Å². The van der Waals surface area contributed by atoms with Gasteiger partial charge >= 0.3 is 23.2 Å². The summed E-state index contributed by atoms with van der Waals surface area (Å²) in [5.74, 6) is -0.619. The van der Waals surface area contributed by atoms with E-state index >= 15 is 0 Å². The number of nitrogens with one attached hydrogen (secondary N) is 2. The number of benzene rings is 5. The van der Waals surface area contributed by atoms with Gasteiger partial charge in [0.25, 0.3) is 0 Å². The lowest BCUT2D eigenvalue weighted by molar-refractivity contribution is 0.0720. The molecule has 0 aliphatic carbocycles. The normalized spacial score (nSPS) is 11.4. The van der Waals surface area contributed by atoms with E-state index < -0.39 is 23.2 Å². The van der Waals surface area contributed by atoms with Crippen LogP contribution in [0.25, 0.3) is 66.5 Å². The molecule has 5 aromatic carbocycles. The van der Waals surface area contributed by atoms with Crippen LogP contribution in [0.2, 0.25) is 0 Å². The van der Waals surface area contributed by atoms with Crippen molar-refractivity contribution in [3.8, 4) is 34.5 Å². The monoisotopic (exact) mass is 685 g/mol. The third-order valence-corrected chi connectivity index (χ3v) is 8.67. The maximum absolute atomic E-state index is 13.0. The average Bonchev–Trinajstić information content (AvgIpc) is 3.80. The van der Waals surface area contributed by atoms with Crippen molar-refractivity contribution in [3.63, 3.8) is 0 Å². The molecule has 2 N–H and O–H groups in total.